The first-order valence-electron chi connectivity index (χ1n) is 14.3. The molecule has 15 nitrogen and oxygen atoms in total. The van der Waals surface area contributed by atoms with Crippen LogP contribution in [0.2, 0.25) is 0 Å². The third kappa shape index (κ3) is 10.2. The molecule has 0 saturated heterocycles. The van der Waals surface area contributed by atoms with Crippen LogP contribution in [0, 0.1) is 0 Å². The zero-order chi connectivity index (χ0) is 33.1. The normalized spacial score (nSPS) is 14.4. The molecular weight excluding hydrogens is 584 g/mol. The van der Waals surface area contributed by atoms with Gasteiger partial charge in [0.05, 0.1) is 12.1 Å². The molecule has 5 unspecified atom stereocenters. The van der Waals surface area contributed by atoms with Crippen LogP contribution in [0.3, 0.4) is 0 Å². The number of nitrogens with zero attached hydrogens (tertiary/aromatic N) is 1. The number of guanidine groups is 1. The molecule has 0 aliphatic rings. The summed E-state index contributed by atoms with van der Waals surface area (Å²) in [6.45, 7) is 1.36. The van der Waals surface area contributed by atoms with Crippen LogP contribution in [0.1, 0.15) is 30.9 Å². The van der Waals surface area contributed by atoms with E-state index in [-0.39, 0.29) is 43.9 Å². The van der Waals surface area contributed by atoms with Gasteiger partial charge in [0, 0.05) is 30.1 Å². The Balaban J connectivity index is 1.80. The molecule has 1 heterocycles. The molecule has 242 valence electrons. The first-order chi connectivity index (χ1) is 21.3. The SMILES string of the molecule is CC(O)C(NC(=O)C(Cc1ccc(O)cc1)NC(=O)C(CCCN=C(N)N)NC(=O)C(N)Cc1c[nH]c2ccccc12)C(=O)O. The highest BCUT2D eigenvalue weighted by atomic mass is 16.4. The Labute approximate surface area is 259 Å². The van der Waals surface area contributed by atoms with Crippen molar-refractivity contribution in [3.63, 3.8) is 0 Å². The summed E-state index contributed by atoms with van der Waals surface area (Å²) in [5.41, 5.74) is 19.3. The molecule has 3 aromatic rings. The number of aliphatic hydroxyl groups is 1. The first-order valence-corrected chi connectivity index (χ1v) is 14.3. The van der Waals surface area contributed by atoms with Crippen LogP contribution < -0.4 is 33.2 Å². The number of carbonyl (C=O) groups is 4. The molecule has 0 fully saturated rings. The average molecular weight is 625 g/mol. The Morgan fingerprint density at radius 3 is 2.20 bits per heavy atom. The maximum atomic E-state index is 13.6. The van der Waals surface area contributed by atoms with Gasteiger partial charge in [0.15, 0.2) is 12.0 Å². The highest BCUT2D eigenvalue weighted by Gasteiger charge is 2.32. The Hall–Kier alpha value is -5.15. The molecular formula is C30H40N8O7. The van der Waals surface area contributed by atoms with Crippen molar-refractivity contribution in [3.8, 4) is 5.75 Å². The second kappa shape index (κ2) is 16.1. The van der Waals surface area contributed by atoms with E-state index in [1.807, 2.05) is 24.3 Å². The first kappa shape index (κ1) is 34.3. The second-order valence-electron chi connectivity index (χ2n) is 10.7. The quantitative estimate of drug-likeness (QED) is 0.0525. The number of aromatic hydroxyl groups is 1. The number of carboxylic acids is 1. The number of aromatic amines is 1. The lowest BCUT2D eigenvalue weighted by Crippen LogP contribution is -2.58. The number of aliphatic imine (C=N–C) groups is 1. The summed E-state index contributed by atoms with van der Waals surface area (Å²) in [6.07, 6.45) is 0.775. The van der Waals surface area contributed by atoms with Gasteiger partial charge in [0.1, 0.15) is 17.8 Å². The number of hydrogen-bond acceptors (Lipinski definition) is 8. The minimum Gasteiger partial charge on any atom is -0.508 e. The molecule has 2 aromatic carbocycles. The number of nitrogens with two attached hydrogens (primary N) is 3. The predicted octanol–water partition coefficient (Wildman–Crippen LogP) is -1.04. The van der Waals surface area contributed by atoms with Gasteiger partial charge < -0.3 is 53.5 Å². The van der Waals surface area contributed by atoms with Crippen LogP contribution in [-0.2, 0) is 32.0 Å². The molecule has 15 heteroatoms. The van der Waals surface area contributed by atoms with Crippen molar-refractivity contribution in [1.29, 1.82) is 0 Å². The number of nitrogens with one attached hydrogen (secondary N) is 4. The van der Waals surface area contributed by atoms with Gasteiger partial charge >= 0.3 is 5.97 Å². The number of phenolic OH excluding ortho intramolecular Hbond substituents is 1. The molecule has 1 aromatic heterocycles. The maximum Gasteiger partial charge on any atom is 0.328 e. The molecule has 0 aliphatic carbocycles. The van der Waals surface area contributed by atoms with E-state index in [1.54, 1.807) is 6.20 Å². The van der Waals surface area contributed by atoms with E-state index in [4.69, 9.17) is 17.2 Å². The van der Waals surface area contributed by atoms with E-state index in [0.717, 1.165) is 16.5 Å². The molecule has 5 atom stereocenters. The van der Waals surface area contributed by atoms with Crippen LogP contribution in [0.5, 0.6) is 5.75 Å². The second-order valence-corrected chi connectivity index (χ2v) is 10.7. The molecule has 0 saturated carbocycles. The summed E-state index contributed by atoms with van der Waals surface area (Å²) in [5.74, 6) is -3.86. The number of carbonyl (C=O) groups excluding carboxylic acids is 3. The number of hydrogen-bond donors (Lipinski definition) is 10. The summed E-state index contributed by atoms with van der Waals surface area (Å²) in [7, 11) is 0. The van der Waals surface area contributed by atoms with Crippen molar-refractivity contribution in [1.82, 2.24) is 20.9 Å². The molecule has 3 rings (SSSR count). The van der Waals surface area contributed by atoms with Crippen LogP contribution in [0.4, 0.5) is 0 Å². The molecule has 0 aliphatic heterocycles. The lowest BCUT2D eigenvalue weighted by Gasteiger charge is -2.26. The van der Waals surface area contributed by atoms with Gasteiger partial charge in [0.2, 0.25) is 17.7 Å². The maximum absolute atomic E-state index is 13.6. The van der Waals surface area contributed by atoms with Crippen molar-refractivity contribution in [2.45, 2.75) is 62.9 Å². The van der Waals surface area contributed by atoms with Crippen molar-refractivity contribution >= 4 is 40.6 Å². The third-order valence-corrected chi connectivity index (χ3v) is 7.09. The highest BCUT2D eigenvalue weighted by molar-refractivity contribution is 5.94. The number of amides is 3. The number of rotatable bonds is 16. The van der Waals surface area contributed by atoms with E-state index >= 15 is 0 Å². The molecule has 3 amide bonds. The zero-order valence-corrected chi connectivity index (χ0v) is 24.8. The fraction of sp³-hybridized carbons (Fsp3) is 0.367. The smallest absolute Gasteiger partial charge is 0.328 e. The van der Waals surface area contributed by atoms with Gasteiger partial charge in [-0.1, -0.05) is 30.3 Å². The van der Waals surface area contributed by atoms with Crippen LogP contribution in [-0.4, -0.2) is 86.8 Å². The molecule has 0 bridgehead atoms. The molecule has 0 spiro atoms. The van der Waals surface area contributed by atoms with Crippen LogP contribution in [0.25, 0.3) is 10.9 Å². The number of benzene rings is 2. The lowest BCUT2D eigenvalue weighted by atomic mass is 10.0. The minimum absolute atomic E-state index is 0.0173. The number of phenols is 1. The van der Waals surface area contributed by atoms with Crippen molar-refractivity contribution in [2.24, 2.45) is 22.2 Å². The van der Waals surface area contributed by atoms with Gasteiger partial charge in [-0.25, -0.2) is 4.79 Å². The Morgan fingerprint density at radius 2 is 1.56 bits per heavy atom. The van der Waals surface area contributed by atoms with Crippen LogP contribution in [0.15, 0.2) is 59.7 Å². The summed E-state index contributed by atoms with van der Waals surface area (Å²) < 4.78 is 0. The molecule has 45 heavy (non-hydrogen) atoms. The lowest BCUT2D eigenvalue weighted by molar-refractivity contribution is -0.145. The minimum atomic E-state index is -1.64. The summed E-state index contributed by atoms with van der Waals surface area (Å²) in [4.78, 5) is 58.7. The Morgan fingerprint density at radius 1 is 0.911 bits per heavy atom. The Kier molecular flexibility index (Phi) is 12.3. The van der Waals surface area contributed by atoms with E-state index in [1.165, 1.54) is 31.2 Å². The number of aliphatic carboxylic acids is 1. The number of H-pyrrole nitrogens is 1. The number of carboxylic acid groups (broad SMARTS) is 1. The van der Waals surface area contributed by atoms with E-state index in [0.29, 0.717) is 5.56 Å². The average Bonchev–Trinajstić information content (AvgIpc) is 3.39. The van der Waals surface area contributed by atoms with Gasteiger partial charge in [-0.2, -0.15) is 0 Å². The molecule has 13 N–H and O–H groups in total. The predicted molar refractivity (Wildman–Crippen MR) is 167 cm³/mol. The van der Waals surface area contributed by atoms with E-state index < -0.39 is 54.0 Å². The standard InChI is InChI=1S/C30H40N8O7/c1-16(39)25(29(44)45)38-28(43)24(13-17-8-10-19(40)11-9-17)37-27(42)23(7-4-12-34-30(32)33)36-26(41)21(31)14-18-15-35-22-6-3-2-5-20(18)22/h2-3,5-6,8-11,15-16,21,23-25,35,39-40H,4,7,12-14,31H2,1H3,(H,36,41)(H,37,42)(H,38,43)(H,44,45)(H4,32,33,34). The number of fused-ring (bicyclic) bond motifs is 1. The van der Waals surface area contributed by atoms with Gasteiger partial charge in [0.25, 0.3) is 0 Å². The topological polar surface area (TPSA) is 271 Å². The number of aromatic nitrogens is 1. The summed E-state index contributed by atoms with van der Waals surface area (Å²) in [5, 5.41) is 37.4. The van der Waals surface area contributed by atoms with Gasteiger partial charge in [-0.05, 0) is 55.5 Å². The monoisotopic (exact) mass is 624 g/mol. The highest BCUT2D eigenvalue weighted by Crippen LogP contribution is 2.19. The van der Waals surface area contributed by atoms with E-state index in [9.17, 15) is 34.5 Å². The summed E-state index contributed by atoms with van der Waals surface area (Å²) >= 11 is 0. The van der Waals surface area contributed by atoms with Crippen molar-refractivity contribution < 1.29 is 34.5 Å². The van der Waals surface area contributed by atoms with Gasteiger partial charge in [-0.15, -0.1) is 0 Å². The fourth-order valence-electron chi connectivity index (χ4n) is 4.67. The molecule has 0 radical (unpaired) electrons. The van der Waals surface area contributed by atoms with Crippen molar-refractivity contribution in [3.05, 3.63) is 65.9 Å². The summed E-state index contributed by atoms with van der Waals surface area (Å²) in [6, 6.07) is 8.24. The number of aliphatic hydroxyl groups excluding tert-OH is 1. The van der Waals surface area contributed by atoms with Gasteiger partial charge in [-0.3, -0.25) is 19.4 Å². The van der Waals surface area contributed by atoms with E-state index in [2.05, 4.69) is 25.9 Å². The van der Waals surface area contributed by atoms with Crippen molar-refractivity contribution in [2.75, 3.05) is 6.54 Å². The van der Waals surface area contributed by atoms with Crippen LogP contribution >= 0.6 is 0 Å². The Bertz CT molecular complexity index is 1500. The number of para-hydroxylation sites is 1. The third-order valence-electron chi connectivity index (χ3n) is 7.09. The zero-order valence-electron chi connectivity index (χ0n) is 24.8. The largest absolute Gasteiger partial charge is 0.508 e. The fourth-order valence-corrected chi connectivity index (χ4v) is 4.67.